The summed E-state index contributed by atoms with van der Waals surface area (Å²) in [7, 11) is 1.68. The lowest BCUT2D eigenvalue weighted by Crippen LogP contribution is -2.45. The predicted octanol–water partition coefficient (Wildman–Crippen LogP) is 3.17. The zero-order valence-electron chi connectivity index (χ0n) is 13.1. The maximum absolute atomic E-state index is 5.80. The van der Waals surface area contributed by atoms with Gasteiger partial charge in [0.15, 0.2) is 0 Å². The zero-order valence-corrected chi connectivity index (χ0v) is 13.1. The van der Waals surface area contributed by atoms with E-state index in [-0.39, 0.29) is 12.2 Å². The molecule has 0 aliphatic carbocycles. The maximum Gasteiger partial charge on any atom is 0.129 e. The smallest absolute Gasteiger partial charge is 0.129 e. The minimum atomic E-state index is 0.233. The van der Waals surface area contributed by atoms with Gasteiger partial charge >= 0.3 is 0 Å². The first-order valence-electron chi connectivity index (χ1n) is 7.42. The maximum atomic E-state index is 5.80. The molecule has 0 bridgehead atoms. The third-order valence-electron chi connectivity index (χ3n) is 3.95. The Balaban J connectivity index is 2.02. The van der Waals surface area contributed by atoms with Gasteiger partial charge in [0.1, 0.15) is 11.6 Å². The number of hydrogen-bond acceptors (Lipinski definition) is 4. The summed E-state index contributed by atoms with van der Waals surface area (Å²) in [5.74, 6) is 1.87. The van der Waals surface area contributed by atoms with Crippen LogP contribution in [0.3, 0.4) is 0 Å². The monoisotopic (exact) mass is 286 g/mol. The second-order valence-electron chi connectivity index (χ2n) is 5.84. The van der Waals surface area contributed by atoms with Gasteiger partial charge < -0.3 is 14.4 Å². The Hall–Kier alpha value is -1.81. The molecule has 2 atom stereocenters. The number of fused-ring (bicyclic) bond motifs is 1. The van der Waals surface area contributed by atoms with Crippen LogP contribution in [0.1, 0.15) is 19.4 Å². The molecule has 2 aromatic rings. The molecule has 1 fully saturated rings. The van der Waals surface area contributed by atoms with Crippen molar-refractivity contribution < 1.29 is 9.47 Å². The number of ether oxygens (including phenoxy) is 2. The number of benzene rings is 1. The van der Waals surface area contributed by atoms with Crippen LogP contribution in [-0.4, -0.2) is 37.4 Å². The summed E-state index contributed by atoms with van der Waals surface area (Å²) in [4.78, 5) is 7.14. The minimum absolute atomic E-state index is 0.233. The average Bonchev–Trinajstić information content (AvgIpc) is 2.45. The topological polar surface area (TPSA) is 34.6 Å². The molecule has 0 spiro atoms. The summed E-state index contributed by atoms with van der Waals surface area (Å²) >= 11 is 0. The SMILES string of the molecule is COc1ccc2c(C)cc(N3C[C@@H](C)O[C@@H](C)C3)nc2c1. The Morgan fingerprint density at radius 3 is 2.57 bits per heavy atom. The molecule has 3 rings (SSSR count). The van der Waals surface area contributed by atoms with Crippen molar-refractivity contribution in [3.8, 4) is 5.75 Å². The van der Waals surface area contributed by atoms with Crippen LogP contribution >= 0.6 is 0 Å². The first kappa shape index (κ1) is 14.1. The summed E-state index contributed by atoms with van der Waals surface area (Å²) in [6, 6.07) is 8.22. The van der Waals surface area contributed by atoms with Gasteiger partial charge in [-0.3, -0.25) is 0 Å². The number of anilines is 1. The van der Waals surface area contributed by atoms with Gasteiger partial charge in [-0.15, -0.1) is 0 Å². The summed E-state index contributed by atoms with van der Waals surface area (Å²) in [5, 5.41) is 1.17. The van der Waals surface area contributed by atoms with Gasteiger partial charge in [0.05, 0.1) is 24.8 Å². The fourth-order valence-electron chi connectivity index (χ4n) is 3.02. The number of rotatable bonds is 2. The van der Waals surface area contributed by atoms with Crippen molar-refractivity contribution in [3.05, 3.63) is 29.8 Å². The number of nitrogens with zero attached hydrogens (tertiary/aromatic N) is 2. The summed E-state index contributed by atoms with van der Waals surface area (Å²) in [6.07, 6.45) is 0.466. The van der Waals surface area contributed by atoms with Gasteiger partial charge in [-0.05, 0) is 44.5 Å². The third-order valence-corrected chi connectivity index (χ3v) is 3.95. The van der Waals surface area contributed by atoms with Crippen molar-refractivity contribution in [2.24, 2.45) is 0 Å². The Kier molecular flexibility index (Phi) is 3.72. The van der Waals surface area contributed by atoms with Crippen molar-refractivity contribution in [1.29, 1.82) is 0 Å². The predicted molar refractivity (Wildman–Crippen MR) is 85.3 cm³/mol. The van der Waals surface area contributed by atoms with Crippen LogP contribution in [0.4, 0.5) is 5.82 Å². The highest BCUT2D eigenvalue weighted by Crippen LogP contribution is 2.27. The van der Waals surface area contributed by atoms with Gasteiger partial charge in [-0.2, -0.15) is 0 Å². The van der Waals surface area contributed by atoms with E-state index in [0.717, 1.165) is 30.2 Å². The van der Waals surface area contributed by atoms with Gasteiger partial charge in [0, 0.05) is 24.5 Å². The van der Waals surface area contributed by atoms with E-state index in [1.165, 1.54) is 10.9 Å². The molecule has 1 aromatic carbocycles. The molecule has 1 saturated heterocycles. The Morgan fingerprint density at radius 2 is 1.90 bits per heavy atom. The molecule has 0 radical (unpaired) electrons. The molecule has 1 aromatic heterocycles. The third kappa shape index (κ3) is 2.81. The molecule has 112 valence electrons. The molecule has 4 heteroatoms. The second-order valence-corrected chi connectivity index (χ2v) is 5.84. The molecule has 0 amide bonds. The van der Waals surface area contributed by atoms with E-state index in [4.69, 9.17) is 14.5 Å². The van der Waals surface area contributed by atoms with Crippen molar-refractivity contribution in [2.45, 2.75) is 33.0 Å². The second kappa shape index (κ2) is 5.53. The van der Waals surface area contributed by atoms with Gasteiger partial charge in [0.25, 0.3) is 0 Å². The van der Waals surface area contributed by atoms with Crippen molar-refractivity contribution in [3.63, 3.8) is 0 Å². The van der Waals surface area contributed by atoms with E-state index in [1.807, 2.05) is 12.1 Å². The molecule has 1 aliphatic rings. The van der Waals surface area contributed by atoms with E-state index < -0.39 is 0 Å². The Morgan fingerprint density at radius 1 is 1.19 bits per heavy atom. The lowest BCUT2D eigenvalue weighted by Gasteiger charge is -2.36. The summed E-state index contributed by atoms with van der Waals surface area (Å²) < 4.78 is 11.1. The van der Waals surface area contributed by atoms with Crippen LogP contribution < -0.4 is 9.64 Å². The van der Waals surface area contributed by atoms with Crippen molar-refractivity contribution in [2.75, 3.05) is 25.1 Å². The molecular formula is C17H22N2O2. The van der Waals surface area contributed by atoms with E-state index in [9.17, 15) is 0 Å². The Labute approximate surface area is 125 Å². The van der Waals surface area contributed by atoms with E-state index >= 15 is 0 Å². The van der Waals surface area contributed by atoms with E-state index in [2.05, 4.69) is 37.8 Å². The minimum Gasteiger partial charge on any atom is -0.497 e. The number of morpholine rings is 1. The zero-order chi connectivity index (χ0) is 15.0. The lowest BCUT2D eigenvalue weighted by atomic mass is 10.1. The summed E-state index contributed by atoms with van der Waals surface area (Å²) in [5.41, 5.74) is 2.22. The van der Waals surface area contributed by atoms with E-state index in [1.54, 1.807) is 7.11 Å². The lowest BCUT2D eigenvalue weighted by molar-refractivity contribution is -0.00544. The molecule has 21 heavy (non-hydrogen) atoms. The highest BCUT2D eigenvalue weighted by atomic mass is 16.5. The van der Waals surface area contributed by atoms with Gasteiger partial charge in [-0.1, -0.05) is 0 Å². The van der Waals surface area contributed by atoms with Crippen LogP contribution in [0.5, 0.6) is 5.75 Å². The standard InChI is InChI=1S/C17H22N2O2/c1-11-7-17(19-9-12(2)21-13(3)10-19)18-16-8-14(20-4)5-6-15(11)16/h5-8,12-13H,9-10H2,1-4H3/t12-,13+. The first-order valence-corrected chi connectivity index (χ1v) is 7.42. The number of aromatic nitrogens is 1. The molecule has 0 N–H and O–H groups in total. The molecular weight excluding hydrogens is 264 g/mol. The summed E-state index contributed by atoms with van der Waals surface area (Å²) in [6.45, 7) is 8.12. The van der Waals surface area contributed by atoms with Crippen LogP contribution in [-0.2, 0) is 4.74 Å². The number of hydrogen-bond donors (Lipinski definition) is 0. The van der Waals surface area contributed by atoms with Crippen LogP contribution in [0.25, 0.3) is 10.9 Å². The van der Waals surface area contributed by atoms with Crippen molar-refractivity contribution in [1.82, 2.24) is 4.98 Å². The molecule has 2 heterocycles. The fraction of sp³-hybridized carbons (Fsp3) is 0.471. The first-order chi connectivity index (χ1) is 10.1. The van der Waals surface area contributed by atoms with Crippen LogP contribution in [0.15, 0.2) is 24.3 Å². The quantitative estimate of drug-likeness (QED) is 0.849. The number of pyridine rings is 1. The fourth-order valence-corrected chi connectivity index (χ4v) is 3.02. The number of methoxy groups -OCH3 is 1. The molecule has 1 aliphatic heterocycles. The molecule has 4 nitrogen and oxygen atoms in total. The van der Waals surface area contributed by atoms with Gasteiger partial charge in [-0.25, -0.2) is 4.98 Å². The van der Waals surface area contributed by atoms with E-state index in [0.29, 0.717) is 0 Å². The largest absolute Gasteiger partial charge is 0.497 e. The van der Waals surface area contributed by atoms with Crippen LogP contribution in [0.2, 0.25) is 0 Å². The number of aryl methyl sites for hydroxylation is 1. The molecule has 0 unspecified atom stereocenters. The average molecular weight is 286 g/mol. The Bertz CT molecular complexity index is 647. The van der Waals surface area contributed by atoms with Crippen molar-refractivity contribution >= 4 is 16.7 Å². The van der Waals surface area contributed by atoms with Crippen LogP contribution in [0, 0.1) is 6.92 Å². The highest BCUT2D eigenvalue weighted by molar-refractivity contribution is 5.85. The molecule has 0 saturated carbocycles. The normalized spacial score (nSPS) is 22.6. The van der Waals surface area contributed by atoms with Gasteiger partial charge in [0.2, 0.25) is 0 Å². The highest BCUT2D eigenvalue weighted by Gasteiger charge is 2.23.